The normalized spacial score (nSPS) is 11.0. The monoisotopic (exact) mass is 495 g/mol. The van der Waals surface area contributed by atoms with Gasteiger partial charge in [-0.2, -0.15) is 5.26 Å². The second-order valence-corrected chi connectivity index (χ2v) is 7.56. The van der Waals surface area contributed by atoms with Gasteiger partial charge in [0.05, 0.1) is 28.3 Å². The molecule has 1 N–H and O–H groups in total. The summed E-state index contributed by atoms with van der Waals surface area (Å²) in [6.07, 6.45) is 1.58. The number of hydrogen-bond acceptors (Lipinski definition) is 4. The van der Waals surface area contributed by atoms with Crippen molar-refractivity contribution in [2.75, 3.05) is 6.61 Å². The molecule has 32 heavy (non-hydrogen) atoms. The van der Waals surface area contributed by atoms with E-state index in [0.29, 0.717) is 28.1 Å². The largest absolute Gasteiger partial charge is 0.490 e. The minimum Gasteiger partial charge on any atom is -0.490 e. The van der Waals surface area contributed by atoms with Crippen LogP contribution in [-0.4, -0.2) is 17.7 Å². The summed E-state index contributed by atoms with van der Waals surface area (Å²) >= 11 is 3.49. The Bertz CT molecular complexity index is 1200. The molecule has 0 aromatic heterocycles. The first kappa shape index (κ1) is 23.0. The van der Waals surface area contributed by atoms with Crippen LogP contribution in [0.15, 0.2) is 65.1 Å². The molecule has 0 radical (unpaired) electrons. The predicted molar refractivity (Wildman–Crippen MR) is 123 cm³/mol. The van der Waals surface area contributed by atoms with Gasteiger partial charge in [-0.05, 0) is 70.4 Å². The maximum atomic E-state index is 14.1. The summed E-state index contributed by atoms with van der Waals surface area (Å²) in [4.78, 5) is 11.0. The van der Waals surface area contributed by atoms with Crippen molar-refractivity contribution in [3.63, 3.8) is 0 Å². The number of rotatable bonds is 8. The lowest BCUT2D eigenvalue weighted by Crippen LogP contribution is -2.02. The van der Waals surface area contributed by atoms with Gasteiger partial charge in [0.1, 0.15) is 12.4 Å². The van der Waals surface area contributed by atoms with Crippen molar-refractivity contribution in [2.24, 2.45) is 0 Å². The van der Waals surface area contributed by atoms with Gasteiger partial charge in [0.15, 0.2) is 11.5 Å². The van der Waals surface area contributed by atoms with E-state index in [2.05, 4.69) is 15.9 Å². The average Bonchev–Trinajstić information content (AvgIpc) is 2.78. The molecule has 3 aromatic rings. The lowest BCUT2D eigenvalue weighted by molar-refractivity contribution is 0.0697. The first-order chi connectivity index (χ1) is 15.4. The third kappa shape index (κ3) is 5.54. The molecule has 0 saturated carbocycles. The Morgan fingerprint density at radius 3 is 2.50 bits per heavy atom. The van der Waals surface area contributed by atoms with Crippen LogP contribution < -0.4 is 9.47 Å². The third-order valence-corrected chi connectivity index (χ3v) is 5.10. The molecule has 0 atom stereocenters. The summed E-state index contributed by atoms with van der Waals surface area (Å²) in [5, 5.41) is 18.5. The Hall–Kier alpha value is -3.63. The highest BCUT2D eigenvalue weighted by atomic mass is 79.9. The van der Waals surface area contributed by atoms with E-state index in [0.717, 1.165) is 5.56 Å². The van der Waals surface area contributed by atoms with E-state index in [1.807, 2.05) is 13.0 Å². The van der Waals surface area contributed by atoms with E-state index in [9.17, 15) is 14.4 Å². The van der Waals surface area contributed by atoms with Gasteiger partial charge < -0.3 is 14.6 Å². The minimum atomic E-state index is -0.991. The van der Waals surface area contributed by atoms with Crippen LogP contribution in [0.3, 0.4) is 0 Å². The van der Waals surface area contributed by atoms with E-state index >= 15 is 0 Å². The van der Waals surface area contributed by atoms with E-state index in [1.165, 1.54) is 18.2 Å². The maximum absolute atomic E-state index is 14.1. The van der Waals surface area contributed by atoms with Gasteiger partial charge in [0, 0.05) is 5.56 Å². The fraction of sp³-hybridized carbons (Fsp3) is 0.120. The zero-order valence-electron chi connectivity index (χ0n) is 17.1. The highest BCUT2D eigenvalue weighted by Gasteiger charge is 2.14. The SMILES string of the molecule is CCOc1cc(C=C(C#N)c2ccccc2F)cc(Br)c1OCc1ccc(C(=O)O)cc1. The number of aromatic carboxylic acids is 1. The quantitative estimate of drug-likeness (QED) is 0.291. The summed E-state index contributed by atoms with van der Waals surface area (Å²) in [6.45, 7) is 2.43. The Balaban J connectivity index is 1.90. The Morgan fingerprint density at radius 1 is 1.16 bits per heavy atom. The standard InChI is InChI=1S/C25H19BrFNO4/c1-2-31-23-13-17(11-19(14-28)20-5-3-4-6-22(20)27)12-21(26)24(23)32-15-16-7-9-18(10-8-16)25(29)30/h3-13H,2,15H2,1H3,(H,29,30). The first-order valence-electron chi connectivity index (χ1n) is 9.71. The van der Waals surface area contributed by atoms with Crippen LogP contribution in [0.2, 0.25) is 0 Å². The number of nitrogens with zero attached hydrogens (tertiary/aromatic N) is 1. The number of carbonyl (C=O) groups is 1. The Morgan fingerprint density at radius 2 is 1.88 bits per heavy atom. The van der Waals surface area contributed by atoms with Crippen LogP contribution in [-0.2, 0) is 6.61 Å². The van der Waals surface area contributed by atoms with Gasteiger partial charge in [0.25, 0.3) is 0 Å². The fourth-order valence-electron chi connectivity index (χ4n) is 2.99. The zero-order chi connectivity index (χ0) is 23.1. The number of nitriles is 1. The van der Waals surface area contributed by atoms with Crippen molar-refractivity contribution in [3.05, 3.63) is 93.2 Å². The van der Waals surface area contributed by atoms with Gasteiger partial charge in [-0.1, -0.05) is 30.3 Å². The number of allylic oxidation sites excluding steroid dienone is 1. The van der Waals surface area contributed by atoms with E-state index in [4.69, 9.17) is 14.6 Å². The molecule has 0 bridgehead atoms. The van der Waals surface area contributed by atoms with Gasteiger partial charge >= 0.3 is 5.97 Å². The van der Waals surface area contributed by atoms with Gasteiger partial charge in [0.2, 0.25) is 0 Å². The number of hydrogen-bond donors (Lipinski definition) is 1. The van der Waals surface area contributed by atoms with Gasteiger partial charge in [-0.3, -0.25) is 0 Å². The molecule has 0 aliphatic heterocycles. The highest BCUT2D eigenvalue weighted by molar-refractivity contribution is 9.10. The topological polar surface area (TPSA) is 79.5 Å². The molecule has 3 aromatic carbocycles. The molecule has 0 amide bonds. The van der Waals surface area contributed by atoms with Gasteiger partial charge in [-0.15, -0.1) is 0 Å². The molecule has 0 unspecified atom stereocenters. The molecule has 0 heterocycles. The lowest BCUT2D eigenvalue weighted by Gasteiger charge is -2.15. The molecular weight excluding hydrogens is 477 g/mol. The summed E-state index contributed by atoms with van der Waals surface area (Å²) < 4.78 is 26.4. The maximum Gasteiger partial charge on any atom is 0.335 e. The molecule has 0 saturated heterocycles. The van der Waals surface area contributed by atoms with Crippen molar-refractivity contribution in [3.8, 4) is 17.6 Å². The lowest BCUT2D eigenvalue weighted by atomic mass is 10.0. The van der Waals surface area contributed by atoms with Crippen LogP contribution in [0.4, 0.5) is 4.39 Å². The minimum absolute atomic E-state index is 0.185. The average molecular weight is 496 g/mol. The fourth-order valence-corrected chi connectivity index (χ4v) is 3.56. The number of halogens is 2. The smallest absolute Gasteiger partial charge is 0.335 e. The molecule has 5 nitrogen and oxygen atoms in total. The first-order valence-corrected chi connectivity index (χ1v) is 10.5. The highest BCUT2D eigenvalue weighted by Crippen LogP contribution is 2.38. The number of carboxylic acid groups (broad SMARTS) is 1. The summed E-state index contributed by atoms with van der Waals surface area (Å²) in [5.74, 6) is -0.537. The van der Waals surface area contributed by atoms with E-state index < -0.39 is 11.8 Å². The summed E-state index contributed by atoms with van der Waals surface area (Å²) in [5.41, 5.74) is 2.03. The van der Waals surface area contributed by atoms with Crippen LogP contribution >= 0.6 is 15.9 Å². The zero-order valence-corrected chi connectivity index (χ0v) is 18.7. The van der Waals surface area contributed by atoms with Crippen molar-refractivity contribution >= 4 is 33.5 Å². The van der Waals surface area contributed by atoms with Crippen LogP contribution in [0.25, 0.3) is 11.6 Å². The molecule has 3 rings (SSSR count). The molecular formula is C25H19BrFNO4. The second kappa shape index (κ2) is 10.6. The number of benzene rings is 3. The Labute approximate surface area is 193 Å². The van der Waals surface area contributed by atoms with Crippen molar-refractivity contribution < 1.29 is 23.8 Å². The molecule has 0 aliphatic rings. The van der Waals surface area contributed by atoms with Crippen LogP contribution in [0.5, 0.6) is 11.5 Å². The Kier molecular flexibility index (Phi) is 7.63. The second-order valence-electron chi connectivity index (χ2n) is 6.70. The van der Waals surface area contributed by atoms with Crippen LogP contribution in [0.1, 0.15) is 34.0 Å². The number of ether oxygens (including phenoxy) is 2. The molecule has 0 spiro atoms. The third-order valence-electron chi connectivity index (χ3n) is 4.51. The molecule has 7 heteroatoms. The summed E-state index contributed by atoms with van der Waals surface area (Å²) in [6, 6.07) is 18.0. The van der Waals surface area contributed by atoms with Crippen molar-refractivity contribution in [2.45, 2.75) is 13.5 Å². The van der Waals surface area contributed by atoms with E-state index in [-0.39, 0.29) is 23.3 Å². The molecule has 162 valence electrons. The van der Waals surface area contributed by atoms with Crippen molar-refractivity contribution in [1.82, 2.24) is 0 Å². The molecule has 0 fully saturated rings. The summed E-state index contributed by atoms with van der Waals surface area (Å²) in [7, 11) is 0. The van der Waals surface area contributed by atoms with Crippen molar-refractivity contribution in [1.29, 1.82) is 5.26 Å². The van der Waals surface area contributed by atoms with Gasteiger partial charge in [-0.25, -0.2) is 9.18 Å². The number of carboxylic acids is 1. The predicted octanol–water partition coefficient (Wildman–Crippen LogP) is 6.33. The van der Waals surface area contributed by atoms with Crippen LogP contribution in [0, 0.1) is 17.1 Å². The van der Waals surface area contributed by atoms with E-state index in [1.54, 1.807) is 48.5 Å². The molecule has 0 aliphatic carbocycles.